The van der Waals surface area contributed by atoms with E-state index in [2.05, 4.69) is 15.6 Å². The van der Waals surface area contributed by atoms with Gasteiger partial charge in [0, 0.05) is 24.9 Å². The summed E-state index contributed by atoms with van der Waals surface area (Å²) < 4.78 is 0. The van der Waals surface area contributed by atoms with E-state index in [4.69, 9.17) is 11.1 Å². The number of amides is 2. The molecule has 92 valence electrons. The van der Waals surface area contributed by atoms with Crippen molar-refractivity contribution in [3.63, 3.8) is 0 Å². The molecule has 2 amide bonds. The van der Waals surface area contributed by atoms with Crippen molar-refractivity contribution >= 4 is 28.5 Å². The lowest BCUT2D eigenvalue weighted by Crippen LogP contribution is -2.40. The van der Waals surface area contributed by atoms with E-state index in [0.717, 1.165) is 17.0 Å². The van der Waals surface area contributed by atoms with Crippen molar-refractivity contribution in [1.82, 2.24) is 15.2 Å². The molecular weight excluding hydrogens is 240 g/mol. The molecule has 0 aliphatic carbocycles. The van der Waals surface area contributed by atoms with E-state index in [1.807, 2.05) is 0 Å². The zero-order valence-electron chi connectivity index (χ0n) is 9.41. The Bertz CT molecular complexity index is 456. The summed E-state index contributed by atoms with van der Waals surface area (Å²) in [5, 5.41) is 13.0. The van der Waals surface area contributed by atoms with Gasteiger partial charge in [-0.2, -0.15) is 0 Å². The summed E-state index contributed by atoms with van der Waals surface area (Å²) in [6.07, 6.45) is 0.735. The van der Waals surface area contributed by atoms with Gasteiger partial charge in [0.1, 0.15) is 0 Å². The maximum Gasteiger partial charge on any atom is 0.317 e. The minimum Gasteiger partial charge on any atom is -0.370 e. The summed E-state index contributed by atoms with van der Waals surface area (Å²) in [7, 11) is 1.62. The molecule has 0 spiro atoms. The fourth-order valence-corrected chi connectivity index (χ4v) is 2.73. The average molecular weight is 254 g/mol. The van der Waals surface area contributed by atoms with Crippen LogP contribution in [-0.4, -0.2) is 35.5 Å². The molecule has 2 rings (SSSR count). The van der Waals surface area contributed by atoms with Crippen LogP contribution in [0.15, 0.2) is 0 Å². The third-order valence-electron chi connectivity index (χ3n) is 2.47. The molecule has 5 N–H and O–H groups in total. The van der Waals surface area contributed by atoms with Crippen LogP contribution in [0.5, 0.6) is 0 Å². The van der Waals surface area contributed by atoms with E-state index in [0.29, 0.717) is 18.2 Å². The van der Waals surface area contributed by atoms with Gasteiger partial charge in [0.25, 0.3) is 0 Å². The van der Waals surface area contributed by atoms with Crippen LogP contribution in [0.1, 0.15) is 10.6 Å². The molecule has 1 aliphatic heterocycles. The molecule has 0 unspecified atom stereocenters. The molecule has 8 heteroatoms. The maximum absolute atomic E-state index is 11.5. The molecule has 1 aromatic heterocycles. The van der Waals surface area contributed by atoms with Gasteiger partial charge in [0.15, 0.2) is 11.1 Å². The number of hydrogen-bond acceptors (Lipinski definition) is 4. The van der Waals surface area contributed by atoms with Crippen molar-refractivity contribution in [3.05, 3.63) is 10.6 Å². The largest absolute Gasteiger partial charge is 0.370 e. The van der Waals surface area contributed by atoms with Gasteiger partial charge in [-0.25, -0.2) is 9.78 Å². The first-order valence-corrected chi connectivity index (χ1v) is 5.98. The topological polar surface area (TPSA) is 107 Å². The smallest absolute Gasteiger partial charge is 0.317 e. The Morgan fingerprint density at radius 3 is 3.06 bits per heavy atom. The third-order valence-corrected chi connectivity index (χ3v) is 3.47. The van der Waals surface area contributed by atoms with Crippen molar-refractivity contribution in [2.75, 3.05) is 18.9 Å². The van der Waals surface area contributed by atoms with Crippen molar-refractivity contribution in [2.45, 2.75) is 13.0 Å². The van der Waals surface area contributed by atoms with Crippen molar-refractivity contribution < 1.29 is 4.79 Å². The standard InChI is InChI=1S/C9H14N6OS/c1-12-9(16)15-3-2-5-6(4-15)17-8(13-5)14-7(10)11/h2-4H2,1H3,(H,12,16)(H4,10,11,13,14). The van der Waals surface area contributed by atoms with Crippen LogP contribution in [-0.2, 0) is 13.0 Å². The number of hydrogen-bond donors (Lipinski definition) is 4. The average Bonchev–Trinajstić information content (AvgIpc) is 2.67. The van der Waals surface area contributed by atoms with Crippen LogP contribution >= 0.6 is 11.3 Å². The van der Waals surface area contributed by atoms with E-state index in [1.165, 1.54) is 11.3 Å². The van der Waals surface area contributed by atoms with Crippen LogP contribution in [0, 0.1) is 5.41 Å². The highest BCUT2D eigenvalue weighted by molar-refractivity contribution is 7.15. The molecule has 0 saturated heterocycles. The fraction of sp³-hybridized carbons (Fsp3) is 0.444. The first kappa shape index (κ1) is 11.6. The summed E-state index contributed by atoms with van der Waals surface area (Å²) in [6.45, 7) is 1.22. The van der Waals surface area contributed by atoms with Gasteiger partial charge in [-0.15, -0.1) is 0 Å². The molecule has 1 aliphatic rings. The normalized spacial score (nSPS) is 14.1. The minimum atomic E-state index is -0.126. The Labute approximate surface area is 103 Å². The monoisotopic (exact) mass is 254 g/mol. The maximum atomic E-state index is 11.5. The Morgan fingerprint density at radius 1 is 1.65 bits per heavy atom. The third kappa shape index (κ3) is 2.47. The lowest BCUT2D eigenvalue weighted by atomic mass is 10.2. The van der Waals surface area contributed by atoms with Gasteiger partial charge >= 0.3 is 6.03 Å². The van der Waals surface area contributed by atoms with Gasteiger partial charge in [-0.05, 0) is 0 Å². The number of anilines is 1. The van der Waals surface area contributed by atoms with E-state index in [9.17, 15) is 4.79 Å². The molecule has 0 bridgehead atoms. The molecule has 17 heavy (non-hydrogen) atoms. The highest BCUT2D eigenvalue weighted by Crippen LogP contribution is 2.28. The van der Waals surface area contributed by atoms with Gasteiger partial charge in [0.2, 0.25) is 0 Å². The first-order chi connectivity index (χ1) is 8.10. The number of carbonyl (C=O) groups is 1. The predicted octanol–water partition coefficient (Wildman–Crippen LogP) is 0.146. The Balaban J connectivity index is 2.12. The summed E-state index contributed by atoms with van der Waals surface area (Å²) in [6, 6.07) is -0.0786. The van der Waals surface area contributed by atoms with Crippen LogP contribution in [0.25, 0.3) is 0 Å². The van der Waals surface area contributed by atoms with Crippen LogP contribution in [0.3, 0.4) is 0 Å². The van der Waals surface area contributed by atoms with Gasteiger partial charge in [-0.3, -0.25) is 5.41 Å². The summed E-state index contributed by atoms with van der Waals surface area (Å²) in [5.41, 5.74) is 6.23. The SMILES string of the molecule is CNC(=O)N1CCc2nc(NC(=N)N)sc2C1. The number of fused-ring (bicyclic) bond motifs is 1. The van der Waals surface area contributed by atoms with Gasteiger partial charge < -0.3 is 21.3 Å². The van der Waals surface area contributed by atoms with E-state index in [1.54, 1.807) is 11.9 Å². The lowest BCUT2D eigenvalue weighted by molar-refractivity contribution is 0.195. The number of nitrogens with one attached hydrogen (secondary N) is 3. The Kier molecular flexibility index (Phi) is 3.14. The number of urea groups is 1. The predicted molar refractivity (Wildman–Crippen MR) is 66.2 cm³/mol. The summed E-state index contributed by atoms with van der Waals surface area (Å²) >= 11 is 1.43. The summed E-state index contributed by atoms with van der Waals surface area (Å²) in [5.74, 6) is -0.126. The number of nitrogens with two attached hydrogens (primary N) is 1. The molecule has 7 nitrogen and oxygen atoms in total. The second-order valence-electron chi connectivity index (χ2n) is 3.65. The highest BCUT2D eigenvalue weighted by atomic mass is 32.1. The quantitative estimate of drug-likeness (QED) is 0.422. The first-order valence-electron chi connectivity index (χ1n) is 5.16. The number of aromatic nitrogens is 1. The number of nitrogens with zero attached hydrogens (tertiary/aromatic N) is 2. The molecule has 0 saturated carbocycles. The fourth-order valence-electron chi connectivity index (χ4n) is 1.70. The van der Waals surface area contributed by atoms with E-state index in [-0.39, 0.29) is 12.0 Å². The van der Waals surface area contributed by atoms with Crippen LogP contribution in [0.4, 0.5) is 9.93 Å². The lowest BCUT2D eigenvalue weighted by Gasteiger charge is -2.25. The number of rotatable bonds is 1. The molecule has 0 radical (unpaired) electrons. The van der Waals surface area contributed by atoms with Crippen molar-refractivity contribution in [2.24, 2.45) is 5.73 Å². The molecule has 0 atom stereocenters. The van der Waals surface area contributed by atoms with Crippen molar-refractivity contribution in [3.8, 4) is 0 Å². The zero-order chi connectivity index (χ0) is 12.4. The Morgan fingerprint density at radius 2 is 2.41 bits per heavy atom. The second kappa shape index (κ2) is 4.58. The van der Waals surface area contributed by atoms with Gasteiger partial charge in [0.05, 0.1) is 12.2 Å². The Hall–Kier alpha value is -1.83. The van der Waals surface area contributed by atoms with Crippen molar-refractivity contribution in [1.29, 1.82) is 5.41 Å². The zero-order valence-corrected chi connectivity index (χ0v) is 10.2. The number of carbonyl (C=O) groups excluding carboxylic acids is 1. The minimum absolute atomic E-state index is 0.0786. The summed E-state index contributed by atoms with van der Waals surface area (Å²) in [4.78, 5) is 18.6. The highest BCUT2D eigenvalue weighted by Gasteiger charge is 2.23. The van der Waals surface area contributed by atoms with Gasteiger partial charge in [-0.1, -0.05) is 11.3 Å². The van der Waals surface area contributed by atoms with E-state index < -0.39 is 0 Å². The molecule has 1 aromatic rings. The molecule has 0 aromatic carbocycles. The second-order valence-corrected chi connectivity index (χ2v) is 4.74. The van der Waals surface area contributed by atoms with E-state index >= 15 is 0 Å². The molecule has 0 fully saturated rings. The molecular formula is C9H14N6OS. The number of thiazole rings is 1. The number of guanidine groups is 1. The van der Waals surface area contributed by atoms with Crippen LogP contribution in [0.2, 0.25) is 0 Å². The molecule has 2 heterocycles. The van der Waals surface area contributed by atoms with Crippen LogP contribution < -0.4 is 16.4 Å².